The number of benzene rings is 1. The summed E-state index contributed by atoms with van der Waals surface area (Å²) in [6, 6.07) is 7.39. The van der Waals surface area contributed by atoms with Gasteiger partial charge in [0.1, 0.15) is 11.3 Å². The lowest BCUT2D eigenvalue weighted by molar-refractivity contribution is -0.143. The number of rotatable bonds is 8. The molecule has 1 aromatic heterocycles. The molecule has 0 aliphatic heterocycles. The molecule has 0 bridgehead atoms. The van der Waals surface area contributed by atoms with Gasteiger partial charge in [0, 0.05) is 5.56 Å². The molecule has 3 N–H and O–H groups in total. The first-order valence-corrected chi connectivity index (χ1v) is 9.76. The zero-order chi connectivity index (χ0) is 20.2. The van der Waals surface area contributed by atoms with Crippen molar-refractivity contribution in [2.24, 2.45) is 0 Å². The molecule has 2 rings (SSSR count). The third-order valence-corrected chi connectivity index (χ3v) is 5.75. The molecule has 1 atom stereocenters. The number of carboxylic acid groups (broad SMARTS) is 1. The lowest BCUT2D eigenvalue weighted by atomic mass is 9.98. The third-order valence-electron chi connectivity index (χ3n) is 4.35. The fourth-order valence-corrected chi connectivity index (χ4v) is 3.31. The minimum Gasteiger partial charge on any atom is -0.480 e. The second-order valence-electron chi connectivity index (χ2n) is 6.33. The van der Waals surface area contributed by atoms with Gasteiger partial charge in [-0.05, 0) is 50.1 Å². The predicted molar refractivity (Wildman–Crippen MR) is 97.7 cm³/mol. The minimum absolute atomic E-state index is 0.0301. The summed E-state index contributed by atoms with van der Waals surface area (Å²) in [7, 11) is -3.88. The monoisotopic (exact) mass is 394 g/mol. The van der Waals surface area contributed by atoms with Gasteiger partial charge in [0.25, 0.3) is 5.91 Å². The van der Waals surface area contributed by atoms with E-state index in [0.29, 0.717) is 11.3 Å². The van der Waals surface area contributed by atoms with Crippen molar-refractivity contribution in [1.29, 1.82) is 0 Å². The molecule has 0 radical (unpaired) electrons. The van der Waals surface area contributed by atoms with Crippen LogP contribution in [-0.2, 0) is 21.4 Å². The summed E-state index contributed by atoms with van der Waals surface area (Å²) in [5, 5.41) is 11.8. The molecule has 1 heterocycles. The Morgan fingerprint density at radius 1 is 1.26 bits per heavy atom. The van der Waals surface area contributed by atoms with E-state index in [-0.39, 0.29) is 23.4 Å². The van der Waals surface area contributed by atoms with E-state index < -0.39 is 27.4 Å². The molecule has 0 saturated carbocycles. The summed E-state index contributed by atoms with van der Waals surface area (Å²) in [5.41, 5.74) is -0.825. The number of carboxylic acids is 1. The van der Waals surface area contributed by atoms with Crippen LogP contribution >= 0.6 is 0 Å². The molecule has 1 aromatic carbocycles. The molecular formula is C18H22N2O6S. The van der Waals surface area contributed by atoms with Crippen LogP contribution in [0.1, 0.15) is 41.9 Å². The molecular weight excluding hydrogens is 372 g/mol. The summed E-state index contributed by atoms with van der Waals surface area (Å²) >= 11 is 0. The highest BCUT2D eigenvalue weighted by atomic mass is 32.2. The minimum atomic E-state index is -3.88. The lowest BCUT2D eigenvalue weighted by Gasteiger charge is -2.25. The van der Waals surface area contributed by atoms with Gasteiger partial charge in [0.15, 0.2) is 0 Å². The normalized spacial score (nSPS) is 13.7. The van der Waals surface area contributed by atoms with Gasteiger partial charge in [-0.2, -0.15) is 0 Å². The van der Waals surface area contributed by atoms with E-state index >= 15 is 0 Å². The van der Waals surface area contributed by atoms with Crippen LogP contribution in [0.15, 0.2) is 45.9 Å². The fourth-order valence-electron chi connectivity index (χ4n) is 2.29. The zero-order valence-electron chi connectivity index (χ0n) is 15.3. The number of hydrogen-bond acceptors (Lipinski definition) is 5. The Bertz CT molecular complexity index is 937. The van der Waals surface area contributed by atoms with Gasteiger partial charge in [-0.15, -0.1) is 0 Å². The van der Waals surface area contributed by atoms with Gasteiger partial charge in [-0.1, -0.05) is 13.0 Å². The van der Waals surface area contributed by atoms with Crippen LogP contribution in [0.5, 0.6) is 0 Å². The molecule has 1 unspecified atom stereocenters. The molecule has 0 aliphatic carbocycles. The number of nitrogens with one attached hydrogen (secondary N) is 2. The summed E-state index contributed by atoms with van der Waals surface area (Å²) in [6.45, 7) is 4.65. The Kier molecular flexibility index (Phi) is 6.07. The fraction of sp³-hybridized carbons (Fsp3) is 0.333. The second kappa shape index (κ2) is 7.93. The van der Waals surface area contributed by atoms with Gasteiger partial charge < -0.3 is 14.8 Å². The average molecular weight is 394 g/mol. The molecule has 27 heavy (non-hydrogen) atoms. The molecule has 146 valence electrons. The highest BCUT2D eigenvalue weighted by Gasteiger charge is 2.33. The summed E-state index contributed by atoms with van der Waals surface area (Å²) in [6.07, 6.45) is 1.61. The second-order valence-corrected chi connectivity index (χ2v) is 8.09. The van der Waals surface area contributed by atoms with E-state index in [1.54, 1.807) is 26.0 Å². The number of amides is 1. The number of aryl methyl sites for hydroxylation is 1. The number of carbonyl (C=O) groups is 2. The molecule has 0 saturated heterocycles. The van der Waals surface area contributed by atoms with Gasteiger partial charge in [-0.3, -0.25) is 4.79 Å². The molecule has 8 nitrogen and oxygen atoms in total. The Balaban J connectivity index is 2.27. The molecule has 2 aromatic rings. The van der Waals surface area contributed by atoms with Crippen LogP contribution in [0, 0.1) is 6.92 Å². The average Bonchev–Trinajstić information content (AvgIpc) is 3.13. The summed E-state index contributed by atoms with van der Waals surface area (Å²) < 4.78 is 32.5. The SMILES string of the molecule is CCC(C)(NC(=O)c1cc(S(=O)(=O)NCc2ccco2)ccc1C)C(=O)O. The van der Waals surface area contributed by atoms with Crippen LogP contribution in [0.3, 0.4) is 0 Å². The van der Waals surface area contributed by atoms with Crippen molar-refractivity contribution in [3.8, 4) is 0 Å². The zero-order valence-corrected chi connectivity index (χ0v) is 16.1. The van der Waals surface area contributed by atoms with Crippen molar-refractivity contribution in [2.45, 2.75) is 44.2 Å². The van der Waals surface area contributed by atoms with Gasteiger partial charge in [0.05, 0.1) is 17.7 Å². The summed E-state index contributed by atoms with van der Waals surface area (Å²) in [5.74, 6) is -1.37. The summed E-state index contributed by atoms with van der Waals surface area (Å²) in [4.78, 5) is 23.9. The van der Waals surface area contributed by atoms with Crippen molar-refractivity contribution in [2.75, 3.05) is 0 Å². The third kappa shape index (κ3) is 4.75. The van der Waals surface area contributed by atoms with Crippen LogP contribution in [0.2, 0.25) is 0 Å². The van der Waals surface area contributed by atoms with Crippen LogP contribution < -0.4 is 10.0 Å². The first-order valence-electron chi connectivity index (χ1n) is 8.27. The van der Waals surface area contributed by atoms with Crippen molar-refractivity contribution in [1.82, 2.24) is 10.0 Å². The Morgan fingerprint density at radius 2 is 1.96 bits per heavy atom. The molecule has 0 spiro atoms. The Morgan fingerprint density at radius 3 is 2.52 bits per heavy atom. The van der Waals surface area contributed by atoms with E-state index in [4.69, 9.17) is 4.42 Å². The van der Waals surface area contributed by atoms with Crippen molar-refractivity contribution in [3.05, 3.63) is 53.5 Å². The first kappa shape index (κ1) is 20.7. The Hall–Kier alpha value is -2.65. The number of carbonyl (C=O) groups excluding carboxylic acids is 1. The molecule has 0 fully saturated rings. The molecule has 9 heteroatoms. The van der Waals surface area contributed by atoms with Gasteiger partial charge >= 0.3 is 5.97 Å². The van der Waals surface area contributed by atoms with E-state index in [0.717, 1.165) is 0 Å². The largest absolute Gasteiger partial charge is 0.480 e. The topological polar surface area (TPSA) is 126 Å². The van der Waals surface area contributed by atoms with E-state index in [1.165, 1.54) is 31.4 Å². The quantitative estimate of drug-likeness (QED) is 0.629. The van der Waals surface area contributed by atoms with Gasteiger partial charge in [0.2, 0.25) is 10.0 Å². The highest BCUT2D eigenvalue weighted by Crippen LogP contribution is 2.18. The number of aliphatic carboxylic acids is 1. The number of hydrogen-bond donors (Lipinski definition) is 3. The smallest absolute Gasteiger partial charge is 0.329 e. The Labute approximate surface area is 157 Å². The highest BCUT2D eigenvalue weighted by molar-refractivity contribution is 7.89. The maximum Gasteiger partial charge on any atom is 0.329 e. The number of furan rings is 1. The first-order chi connectivity index (χ1) is 12.6. The standard InChI is InChI=1S/C18H22N2O6S/c1-4-18(3,17(22)23)20-16(21)15-10-14(8-7-12(15)2)27(24,25)19-11-13-6-5-9-26-13/h5-10,19H,4,11H2,1-3H3,(H,20,21)(H,22,23). The molecule has 1 amide bonds. The van der Waals surface area contributed by atoms with E-state index in [9.17, 15) is 23.1 Å². The van der Waals surface area contributed by atoms with Crippen LogP contribution in [0.4, 0.5) is 0 Å². The predicted octanol–water partition coefficient (Wildman–Crippen LogP) is 2.05. The lowest BCUT2D eigenvalue weighted by Crippen LogP contribution is -2.51. The van der Waals surface area contributed by atoms with E-state index in [1.807, 2.05) is 0 Å². The molecule has 0 aliphatic rings. The number of sulfonamides is 1. The van der Waals surface area contributed by atoms with Gasteiger partial charge in [-0.25, -0.2) is 17.9 Å². The van der Waals surface area contributed by atoms with Crippen molar-refractivity contribution < 1.29 is 27.5 Å². The van der Waals surface area contributed by atoms with Crippen molar-refractivity contribution in [3.63, 3.8) is 0 Å². The maximum absolute atomic E-state index is 12.6. The van der Waals surface area contributed by atoms with E-state index in [2.05, 4.69) is 10.0 Å². The van der Waals surface area contributed by atoms with Crippen LogP contribution in [-0.4, -0.2) is 30.9 Å². The maximum atomic E-state index is 12.6. The van der Waals surface area contributed by atoms with Crippen LogP contribution in [0.25, 0.3) is 0 Å². The van der Waals surface area contributed by atoms with Crippen molar-refractivity contribution >= 4 is 21.9 Å².